The van der Waals surface area contributed by atoms with Gasteiger partial charge in [-0.2, -0.15) is 12.6 Å². The normalized spacial score (nSPS) is 28.7. The largest absolute Gasteiger partial charge is 0.490 e. The second kappa shape index (κ2) is 8.05. The molecule has 7 rings (SSSR count). The van der Waals surface area contributed by atoms with E-state index in [0.29, 0.717) is 34.1 Å². The highest BCUT2D eigenvalue weighted by molar-refractivity contribution is 7.80. The van der Waals surface area contributed by atoms with E-state index in [-0.39, 0.29) is 17.0 Å². The molecule has 2 aromatic carbocycles. The lowest BCUT2D eigenvalue weighted by Gasteiger charge is -2.56. The summed E-state index contributed by atoms with van der Waals surface area (Å²) < 4.78 is 43.1. The molecular formula is C26H28F2O2S2. The fourth-order valence-corrected chi connectivity index (χ4v) is 8.26. The van der Waals surface area contributed by atoms with E-state index in [1.807, 2.05) is 12.1 Å². The van der Waals surface area contributed by atoms with Crippen LogP contribution < -0.4 is 9.47 Å². The van der Waals surface area contributed by atoms with Gasteiger partial charge in [0.1, 0.15) is 0 Å². The van der Waals surface area contributed by atoms with Crippen molar-refractivity contribution in [2.75, 3.05) is 19.0 Å². The first-order valence-corrected chi connectivity index (χ1v) is 13.2. The first-order valence-electron chi connectivity index (χ1n) is 11.7. The number of thiophene rings is 1. The molecule has 0 N–H and O–H groups in total. The lowest BCUT2D eigenvalue weighted by atomic mass is 9.50. The maximum Gasteiger partial charge on any atom is 0.182 e. The molecule has 0 spiro atoms. The van der Waals surface area contributed by atoms with Crippen LogP contribution in [-0.2, 0) is 0 Å². The van der Waals surface area contributed by atoms with E-state index in [4.69, 9.17) is 9.47 Å². The minimum atomic E-state index is -0.418. The zero-order valence-corrected chi connectivity index (χ0v) is 19.8. The van der Waals surface area contributed by atoms with Crippen LogP contribution in [0.4, 0.5) is 8.78 Å². The summed E-state index contributed by atoms with van der Waals surface area (Å²) in [6.45, 7) is 1.01. The summed E-state index contributed by atoms with van der Waals surface area (Å²) in [7, 11) is 0. The molecule has 6 heteroatoms. The molecular weight excluding hydrogens is 446 g/mol. The van der Waals surface area contributed by atoms with Gasteiger partial charge in [0.05, 0.1) is 22.6 Å². The van der Waals surface area contributed by atoms with Crippen LogP contribution in [0, 0.1) is 34.8 Å². The molecule has 1 heterocycles. The zero-order chi connectivity index (χ0) is 21.9. The number of rotatable bonds is 7. The topological polar surface area (TPSA) is 18.5 Å². The van der Waals surface area contributed by atoms with Gasteiger partial charge in [-0.05, 0) is 92.7 Å². The van der Waals surface area contributed by atoms with E-state index in [1.54, 1.807) is 12.1 Å². The molecule has 0 amide bonds. The highest BCUT2D eigenvalue weighted by atomic mass is 32.1. The molecule has 4 saturated carbocycles. The Balaban J connectivity index is 1.28. The summed E-state index contributed by atoms with van der Waals surface area (Å²) in [5.41, 5.74) is 0.224. The molecule has 2 nitrogen and oxygen atoms in total. The van der Waals surface area contributed by atoms with Crippen molar-refractivity contribution in [2.45, 2.75) is 44.9 Å². The van der Waals surface area contributed by atoms with Crippen molar-refractivity contribution in [2.24, 2.45) is 23.2 Å². The Morgan fingerprint density at radius 1 is 0.844 bits per heavy atom. The lowest BCUT2D eigenvalue weighted by molar-refractivity contribution is -0.0749. The highest BCUT2D eigenvalue weighted by Gasteiger charge is 2.51. The van der Waals surface area contributed by atoms with Crippen molar-refractivity contribution in [1.29, 1.82) is 0 Å². The predicted molar refractivity (Wildman–Crippen MR) is 129 cm³/mol. The van der Waals surface area contributed by atoms with Gasteiger partial charge < -0.3 is 9.47 Å². The van der Waals surface area contributed by atoms with Gasteiger partial charge in [-0.15, -0.1) is 11.3 Å². The third-order valence-electron chi connectivity index (χ3n) is 7.88. The zero-order valence-electron chi connectivity index (χ0n) is 18.0. The molecule has 4 fully saturated rings. The Labute approximate surface area is 196 Å². The lowest BCUT2D eigenvalue weighted by Crippen LogP contribution is -2.48. The highest BCUT2D eigenvalue weighted by Crippen LogP contribution is 2.60. The maximum absolute atomic E-state index is 15.5. The number of hydrogen-bond acceptors (Lipinski definition) is 4. The Morgan fingerprint density at radius 2 is 1.38 bits per heavy atom. The number of benzene rings is 2. The van der Waals surface area contributed by atoms with Gasteiger partial charge >= 0.3 is 0 Å². The van der Waals surface area contributed by atoms with Crippen LogP contribution in [0.1, 0.15) is 44.9 Å². The fourth-order valence-electron chi connectivity index (χ4n) is 6.97. The average molecular weight is 475 g/mol. The molecule has 0 unspecified atom stereocenters. The van der Waals surface area contributed by atoms with Gasteiger partial charge in [0, 0.05) is 16.2 Å². The molecule has 0 atom stereocenters. The van der Waals surface area contributed by atoms with Crippen LogP contribution >= 0.6 is 24.0 Å². The fraction of sp³-hybridized carbons (Fsp3) is 0.538. The summed E-state index contributed by atoms with van der Waals surface area (Å²) in [4.78, 5) is 0. The number of fused-ring (bicyclic) bond motifs is 3. The van der Waals surface area contributed by atoms with E-state index in [0.717, 1.165) is 46.3 Å². The van der Waals surface area contributed by atoms with E-state index in [2.05, 4.69) is 12.6 Å². The Hall–Kier alpha value is -1.53. The van der Waals surface area contributed by atoms with Crippen molar-refractivity contribution in [3.63, 3.8) is 0 Å². The Bertz CT molecular complexity index is 1140. The quantitative estimate of drug-likeness (QED) is 0.280. The third kappa shape index (κ3) is 3.49. The summed E-state index contributed by atoms with van der Waals surface area (Å²) >= 11 is 5.30. The standard InChI is InChI=1S/C26H28F2O2S2/c27-22-20(29-6-1-7-31)4-2-18-19-3-5-21(23(28)25(19)32-24(18)22)30-14-26-11-15-8-16(12-26)10-17(9-15)13-26/h2-5,15-17,31H,1,6-14H2. The number of halogens is 2. The minimum Gasteiger partial charge on any atom is -0.490 e. The predicted octanol–water partition coefficient (Wildman–Crippen LogP) is 7.63. The molecule has 1 aromatic heterocycles. The summed E-state index contributed by atoms with van der Waals surface area (Å²) in [6.07, 6.45) is 8.58. The summed E-state index contributed by atoms with van der Waals surface area (Å²) in [5, 5.41) is 1.45. The van der Waals surface area contributed by atoms with Gasteiger partial charge in [0.25, 0.3) is 0 Å². The Kier molecular flexibility index (Phi) is 5.29. The molecule has 0 aliphatic heterocycles. The van der Waals surface area contributed by atoms with Gasteiger partial charge in [-0.3, -0.25) is 0 Å². The summed E-state index contributed by atoms with van der Waals surface area (Å²) in [6, 6.07) is 7.05. The van der Waals surface area contributed by atoms with Crippen molar-refractivity contribution in [3.05, 3.63) is 35.9 Å². The average Bonchev–Trinajstić information content (AvgIpc) is 3.14. The van der Waals surface area contributed by atoms with Crippen LogP contribution in [0.5, 0.6) is 11.5 Å². The SMILES string of the molecule is Fc1c(OCCCS)ccc2c1sc1c(F)c(OCC34CC5CC(CC(C5)C3)C4)ccc12. The smallest absolute Gasteiger partial charge is 0.182 e. The maximum atomic E-state index is 15.5. The molecule has 3 aromatic rings. The first-order chi connectivity index (χ1) is 15.5. The van der Waals surface area contributed by atoms with E-state index < -0.39 is 5.82 Å². The number of hydrogen-bond donors (Lipinski definition) is 1. The van der Waals surface area contributed by atoms with Crippen LogP contribution in [0.3, 0.4) is 0 Å². The van der Waals surface area contributed by atoms with Crippen molar-refractivity contribution >= 4 is 44.1 Å². The van der Waals surface area contributed by atoms with Gasteiger partial charge in [-0.25, -0.2) is 8.78 Å². The van der Waals surface area contributed by atoms with Crippen molar-refractivity contribution in [1.82, 2.24) is 0 Å². The molecule has 4 bridgehead atoms. The van der Waals surface area contributed by atoms with Crippen LogP contribution in [-0.4, -0.2) is 19.0 Å². The Morgan fingerprint density at radius 3 is 1.91 bits per heavy atom. The second-order valence-electron chi connectivity index (χ2n) is 10.2. The van der Waals surface area contributed by atoms with Gasteiger partial charge in [0.2, 0.25) is 0 Å². The van der Waals surface area contributed by atoms with Crippen LogP contribution in [0.25, 0.3) is 20.2 Å². The van der Waals surface area contributed by atoms with Crippen LogP contribution in [0.2, 0.25) is 0 Å². The van der Waals surface area contributed by atoms with E-state index >= 15 is 8.78 Å². The molecule has 32 heavy (non-hydrogen) atoms. The molecule has 170 valence electrons. The molecule has 0 saturated heterocycles. The van der Waals surface area contributed by atoms with E-state index in [9.17, 15) is 0 Å². The minimum absolute atomic E-state index is 0.213. The van der Waals surface area contributed by atoms with Gasteiger partial charge in [-0.1, -0.05) is 0 Å². The summed E-state index contributed by atoms with van der Waals surface area (Å²) in [5.74, 6) is 2.92. The first kappa shape index (κ1) is 21.0. The van der Waals surface area contributed by atoms with Crippen molar-refractivity contribution in [3.8, 4) is 11.5 Å². The third-order valence-corrected chi connectivity index (χ3v) is 9.40. The van der Waals surface area contributed by atoms with Gasteiger partial charge in [0.15, 0.2) is 23.1 Å². The number of ether oxygens (including phenoxy) is 2. The molecule has 0 radical (unpaired) electrons. The molecule has 4 aliphatic carbocycles. The van der Waals surface area contributed by atoms with Crippen LogP contribution in [0.15, 0.2) is 24.3 Å². The van der Waals surface area contributed by atoms with E-state index in [1.165, 1.54) is 38.5 Å². The number of thiol groups is 1. The second-order valence-corrected chi connectivity index (χ2v) is 11.7. The monoisotopic (exact) mass is 474 g/mol. The van der Waals surface area contributed by atoms with Crippen molar-refractivity contribution < 1.29 is 18.3 Å². The molecule has 4 aliphatic rings.